The van der Waals surface area contributed by atoms with Gasteiger partial charge < -0.3 is 10.0 Å². The van der Waals surface area contributed by atoms with Crippen LogP contribution >= 0.6 is 0 Å². The highest BCUT2D eigenvalue weighted by Gasteiger charge is 2.24. The Balaban J connectivity index is 3.32. The maximum Gasteiger partial charge on any atom is 0.337 e. The first kappa shape index (κ1) is 14.9. The predicted octanol–water partition coefficient (Wildman–Crippen LogP) is 2.31. The first-order chi connectivity index (χ1) is 8.88. The quantitative estimate of drug-likeness (QED) is 0.627. The molecule has 0 bridgehead atoms. The molecule has 1 aromatic rings. The Kier molecular flexibility index (Phi) is 4.80. The second-order valence-corrected chi connectivity index (χ2v) is 4.42. The van der Waals surface area contributed by atoms with Gasteiger partial charge in [-0.15, -0.1) is 0 Å². The molecule has 0 aromatic carbocycles. The molecule has 0 fully saturated rings. The van der Waals surface area contributed by atoms with Gasteiger partial charge in [0.2, 0.25) is 5.82 Å². The summed E-state index contributed by atoms with van der Waals surface area (Å²) in [4.78, 5) is 27.1. The molecule has 0 aliphatic rings. The van der Waals surface area contributed by atoms with Crippen molar-refractivity contribution in [2.24, 2.45) is 0 Å². The van der Waals surface area contributed by atoms with Crippen LogP contribution in [0.15, 0.2) is 12.3 Å². The van der Waals surface area contributed by atoms with E-state index >= 15 is 0 Å². The van der Waals surface area contributed by atoms with Crippen molar-refractivity contribution in [2.45, 2.75) is 33.2 Å². The van der Waals surface area contributed by atoms with Crippen LogP contribution in [0.3, 0.4) is 0 Å². The van der Waals surface area contributed by atoms with E-state index in [-0.39, 0.29) is 23.1 Å². The van der Waals surface area contributed by atoms with E-state index in [2.05, 4.69) is 4.98 Å². The van der Waals surface area contributed by atoms with Crippen molar-refractivity contribution in [3.8, 4) is 0 Å². The van der Waals surface area contributed by atoms with Crippen LogP contribution in [0, 0.1) is 10.1 Å². The maximum atomic E-state index is 11.1. The highest BCUT2D eigenvalue weighted by molar-refractivity contribution is 5.88. The second kappa shape index (κ2) is 6.12. The Morgan fingerprint density at radius 2 is 2.21 bits per heavy atom. The molecule has 0 spiro atoms. The molecule has 0 unspecified atom stereocenters. The number of carboxylic acids is 1. The lowest BCUT2D eigenvalue weighted by atomic mass is 10.2. The molecule has 19 heavy (non-hydrogen) atoms. The molecular weight excluding hydrogens is 250 g/mol. The minimum Gasteiger partial charge on any atom is -0.478 e. The van der Waals surface area contributed by atoms with Crippen molar-refractivity contribution in [1.82, 2.24) is 4.98 Å². The lowest BCUT2D eigenvalue weighted by molar-refractivity contribution is -0.384. The van der Waals surface area contributed by atoms with Crippen molar-refractivity contribution in [2.75, 3.05) is 11.4 Å². The van der Waals surface area contributed by atoms with Gasteiger partial charge in [0.05, 0.1) is 10.5 Å². The smallest absolute Gasteiger partial charge is 0.337 e. The third kappa shape index (κ3) is 3.40. The number of aromatic carboxylic acids is 1. The number of anilines is 1. The maximum absolute atomic E-state index is 11.1. The van der Waals surface area contributed by atoms with Crippen LogP contribution in [-0.4, -0.2) is 33.6 Å². The molecule has 0 atom stereocenters. The zero-order valence-electron chi connectivity index (χ0n) is 11.2. The number of aromatic nitrogens is 1. The molecule has 7 nitrogen and oxygen atoms in total. The minimum atomic E-state index is -1.23. The summed E-state index contributed by atoms with van der Waals surface area (Å²) in [5.41, 5.74) is -0.460. The van der Waals surface area contributed by atoms with Crippen LogP contribution in [0.2, 0.25) is 0 Å². The molecule has 0 radical (unpaired) electrons. The Morgan fingerprint density at radius 3 is 2.63 bits per heavy atom. The fraction of sp³-hybridized carbons (Fsp3) is 0.500. The number of carboxylic acid groups (broad SMARTS) is 1. The average molecular weight is 267 g/mol. The van der Waals surface area contributed by atoms with E-state index in [1.54, 1.807) is 4.90 Å². The molecule has 0 saturated heterocycles. The van der Waals surface area contributed by atoms with Gasteiger partial charge >= 0.3 is 11.7 Å². The Bertz CT molecular complexity index is 488. The molecule has 1 rings (SSSR count). The van der Waals surface area contributed by atoms with Crippen molar-refractivity contribution >= 4 is 17.5 Å². The summed E-state index contributed by atoms with van der Waals surface area (Å²) in [5, 5.41) is 19.9. The number of carbonyl (C=O) groups is 1. The minimum absolute atomic E-state index is 0.0434. The van der Waals surface area contributed by atoms with E-state index in [9.17, 15) is 14.9 Å². The predicted molar refractivity (Wildman–Crippen MR) is 70.6 cm³/mol. The number of nitrogens with zero attached hydrogens (tertiary/aromatic N) is 3. The van der Waals surface area contributed by atoms with Gasteiger partial charge in [0.1, 0.15) is 0 Å². The summed E-state index contributed by atoms with van der Waals surface area (Å²) in [6.07, 6.45) is 1.97. The van der Waals surface area contributed by atoms with Crippen molar-refractivity contribution in [3.63, 3.8) is 0 Å². The molecule has 1 heterocycles. The lowest BCUT2D eigenvalue weighted by Gasteiger charge is -2.26. The Labute approximate surface area is 111 Å². The molecule has 0 amide bonds. The number of rotatable bonds is 6. The number of pyridine rings is 1. The Morgan fingerprint density at radius 1 is 1.58 bits per heavy atom. The van der Waals surface area contributed by atoms with E-state index in [4.69, 9.17) is 5.11 Å². The zero-order valence-corrected chi connectivity index (χ0v) is 11.2. The van der Waals surface area contributed by atoms with E-state index in [0.717, 1.165) is 18.7 Å². The largest absolute Gasteiger partial charge is 0.478 e. The monoisotopic (exact) mass is 267 g/mol. The summed E-state index contributed by atoms with van der Waals surface area (Å²) >= 11 is 0. The fourth-order valence-corrected chi connectivity index (χ4v) is 1.77. The van der Waals surface area contributed by atoms with Crippen molar-refractivity contribution in [1.29, 1.82) is 0 Å². The van der Waals surface area contributed by atoms with Gasteiger partial charge in [-0.1, -0.05) is 6.92 Å². The van der Waals surface area contributed by atoms with E-state index in [1.807, 2.05) is 20.8 Å². The molecule has 1 N–H and O–H groups in total. The standard InChI is InChI=1S/C12H17N3O4/c1-4-5-14(8(2)3)11-10(15(18)19)6-9(7-13-11)12(16)17/h6-8H,4-5H2,1-3H3,(H,16,17). The van der Waals surface area contributed by atoms with E-state index < -0.39 is 10.9 Å². The summed E-state index contributed by atoms with van der Waals surface area (Å²) in [5.74, 6) is -1.01. The molecular formula is C12H17N3O4. The third-order valence-electron chi connectivity index (χ3n) is 2.65. The second-order valence-electron chi connectivity index (χ2n) is 4.42. The Hall–Kier alpha value is -2.18. The average Bonchev–Trinajstić information content (AvgIpc) is 2.34. The van der Waals surface area contributed by atoms with Crippen molar-refractivity contribution in [3.05, 3.63) is 27.9 Å². The molecule has 7 heteroatoms. The van der Waals surface area contributed by atoms with Crippen LogP contribution in [0.5, 0.6) is 0 Å². The number of hydrogen-bond donors (Lipinski definition) is 1. The van der Waals surface area contributed by atoms with Crippen LogP contribution < -0.4 is 4.90 Å². The molecule has 1 aromatic heterocycles. The van der Waals surface area contributed by atoms with Gasteiger partial charge in [0.25, 0.3) is 0 Å². The molecule has 0 aliphatic heterocycles. The molecule has 0 saturated carbocycles. The van der Waals surface area contributed by atoms with E-state index in [0.29, 0.717) is 6.54 Å². The summed E-state index contributed by atoms with van der Waals surface area (Å²) in [6, 6.07) is 1.09. The molecule has 0 aliphatic carbocycles. The van der Waals surface area contributed by atoms with Gasteiger partial charge in [-0.3, -0.25) is 10.1 Å². The van der Waals surface area contributed by atoms with Crippen LogP contribution in [-0.2, 0) is 0 Å². The van der Waals surface area contributed by atoms with Gasteiger partial charge in [0.15, 0.2) is 0 Å². The van der Waals surface area contributed by atoms with Crippen molar-refractivity contribution < 1.29 is 14.8 Å². The van der Waals surface area contributed by atoms with Gasteiger partial charge in [-0.2, -0.15) is 0 Å². The fourth-order valence-electron chi connectivity index (χ4n) is 1.77. The summed E-state index contributed by atoms with van der Waals surface area (Å²) in [7, 11) is 0. The first-order valence-corrected chi connectivity index (χ1v) is 6.02. The molecule has 104 valence electrons. The van der Waals surface area contributed by atoms with Crippen LogP contribution in [0.1, 0.15) is 37.6 Å². The SMILES string of the molecule is CCCN(c1ncc(C(=O)O)cc1[N+](=O)[O-])C(C)C. The highest BCUT2D eigenvalue weighted by atomic mass is 16.6. The van der Waals surface area contributed by atoms with Crippen LogP contribution in [0.25, 0.3) is 0 Å². The summed E-state index contributed by atoms with van der Waals surface area (Å²) < 4.78 is 0. The van der Waals surface area contributed by atoms with Crippen LogP contribution in [0.4, 0.5) is 11.5 Å². The zero-order chi connectivity index (χ0) is 14.6. The van der Waals surface area contributed by atoms with Gasteiger partial charge in [-0.25, -0.2) is 9.78 Å². The highest BCUT2D eigenvalue weighted by Crippen LogP contribution is 2.28. The third-order valence-corrected chi connectivity index (χ3v) is 2.65. The van der Waals surface area contributed by atoms with Gasteiger partial charge in [0, 0.05) is 24.8 Å². The summed E-state index contributed by atoms with van der Waals surface area (Å²) in [6.45, 7) is 6.41. The lowest BCUT2D eigenvalue weighted by Crippen LogP contribution is -2.32. The normalized spacial score (nSPS) is 10.5. The number of nitro groups is 1. The van der Waals surface area contributed by atoms with Gasteiger partial charge in [-0.05, 0) is 20.3 Å². The topological polar surface area (TPSA) is 96.6 Å². The van der Waals surface area contributed by atoms with E-state index in [1.165, 1.54) is 0 Å². The number of hydrogen-bond acceptors (Lipinski definition) is 5. The first-order valence-electron chi connectivity index (χ1n) is 6.02.